The molecule has 0 radical (unpaired) electrons. The van der Waals surface area contributed by atoms with E-state index in [-0.39, 0.29) is 0 Å². The normalized spacial score (nSPS) is 14.4. The highest BCUT2D eigenvalue weighted by molar-refractivity contribution is 6.32. The van der Waals surface area contributed by atoms with Gasteiger partial charge in [0.05, 0.1) is 11.6 Å². The van der Waals surface area contributed by atoms with Gasteiger partial charge in [-0.15, -0.1) is 0 Å². The van der Waals surface area contributed by atoms with Crippen molar-refractivity contribution in [2.75, 3.05) is 39.3 Å². The third-order valence-corrected chi connectivity index (χ3v) is 3.65. The van der Waals surface area contributed by atoms with E-state index in [1.807, 2.05) is 25.1 Å². The molecule has 0 saturated carbocycles. The van der Waals surface area contributed by atoms with Gasteiger partial charge in [-0.2, -0.15) is 0 Å². The summed E-state index contributed by atoms with van der Waals surface area (Å²) in [6.07, 6.45) is 1.05. The van der Waals surface area contributed by atoms with E-state index in [4.69, 9.17) is 36.1 Å². The molecule has 3 N–H and O–H groups in total. The van der Waals surface area contributed by atoms with Gasteiger partial charge in [-0.3, -0.25) is 0 Å². The molecule has 7 nitrogen and oxygen atoms in total. The van der Waals surface area contributed by atoms with Gasteiger partial charge >= 0.3 is 11.9 Å². The minimum Gasteiger partial charge on any atom is -0.492 e. The Morgan fingerprint density at radius 1 is 1.25 bits per heavy atom. The van der Waals surface area contributed by atoms with Gasteiger partial charge in [-0.05, 0) is 31.0 Å². The molecule has 0 amide bonds. The Hall–Kier alpha value is -1.83. The molecule has 24 heavy (non-hydrogen) atoms. The van der Waals surface area contributed by atoms with Crippen LogP contribution in [0.25, 0.3) is 0 Å². The van der Waals surface area contributed by atoms with Crippen LogP contribution in [0.15, 0.2) is 18.2 Å². The van der Waals surface area contributed by atoms with Gasteiger partial charge in [-0.1, -0.05) is 17.7 Å². The second kappa shape index (κ2) is 10.9. The predicted octanol–water partition coefficient (Wildman–Crippen LogP) is 1.48. The van der Waals surface area contributed by atoms with E-state index >= 15 is 0 Å². The maximum absolute atomic E-state index is 9.10. The first-order valence-electron chi connectivity index (χ1n) is 7.68. The average Bonchev–Trinajstić information content (AvgIpc) is 2.54. The number of rotatable bonds is 5. The molecule has 1 aromatic rings. The lowest BCUT2D eigenvalue weighted by Gasteiger charge is -2.27. The first kappa shape index (κ1) is 20.2. The van der Waals surface area contributed by atoms with Crippen molar-refractivity contribution in [3.63, 3.8) is 0 Å². The summed E-state index contributed by atoms with van der Waals surface area (Å²) < 4.78 is 5.71. The molecule has 1 fully saturated rings. The van der Waals surface area contributed by atoms with E-state index in [1.165, 1.54) is 0 Å². The smallest absolute Gasteiger partial charge is 0.414 e. The molecular weight excluding hydrogens is 336 g/mol. The average molecular weight is 359 g/mol. The van der Waals surface area contributed by atoms with Gasteiger partial charge in [0.1, 0.15) is 5.75 Å². The molecule has 1 aliphatic rings. The number of halogens is 1. The first-order valence-corrected chi connectivity index (χ1v) is 8.06. The van der Waals surface area contributed by atoms with Crippen LogP contribution >= 0.6 is 11.6 Å². The molecule has 0 spiro atoms. The number of carboxylic acid groups (broad SMARTS) is 2. The van der Waals surface area contributed by atoms with Gasteiger partial charge in [0.2, 0.25) is 0 Å². The van der Waals surface area contributed by atoms with Crippen LogP contribution in [-0.2, 0) is 9.59 Å². The standard InChI is InChI=1S/C14H21ClN2O.C2H2O4/c1-12-3-4-14(13(15)11-12)18-10-2-7-17-8-5-16-6-9-17;3-1(4)2(5)6/h3-4,11,16H,2,5-10H2,1H3;(H,3,4)(H,5,6). The number of aryl methyl sites for hydroxylation is 1. The first-order chi connectivity index (χ1) is 11.4. The van der Waals surface area contributed by atoms with Crippen LogP contribution in [-0.4, -0.2) is 66.4 Å². The lowest BCUT2D eigenvalue weighted by Crippen LogP contribution is -2.43. The number of hydrogen-bond donors (Lipinski definition) is 3. The summed E-state index contributed by atoms with van der Waals surface area (Å²) in [6, 6.07) is 5.91. The number of benzene rings is 1. The van der Waals surface area contributed by atoms with E-state index in [0.29, 0.717) is 5.02 Å². The van der Waals surface area contributed by atoms with Crippen molar-refractivity contribution < 1.29 is 24.5 Å². The molecule has 0 unspecified atom stereocenters. The van der Waals surface area contributed by atoms with Crippen LogP contribution in [0.3, 0.4) is 0 Å². The summed E-state index contributed by atoms with van der Waals surface area (Å²) in [6.45, 7) is 8.35. The van der Waals surface area contributed by atoms with Crippen LogP contribution in [0, 0.1) is 6.92 Å². The Morgan fingerprint density at radius 2 is 1.88 bits per heavy atom. The van der Waals surface area contributed by atoms with Gasteiger partial charge in [0.25, 0.3) is 0 Å². The molecule has 8 heteroatoms. The zero-order valence-electron chi connectivity index (χ0n) is 13.6. The Labute approximate surface area is 146 Å². The van der Waals surface area contributed by atoms with Crippen molar-refractivity contribution in [2.45, 2.75) is 13.3 Å². The van der Waals surface area contributed by atoms with E-state index < -0.39 is 11.9 Å². The second-order valence-electron chi connectivity index (χ2n) is 5.34. The minimum atomic E-state index is -1.82. The molecule has 0 bridgehead atoms. The van der Waals surface area contributed by atoms with Gasteiger partial charge in [-0.25, -0.2) is 9.59 Å². The van der Waals surface area contributed by atoms with Crippen molar-refractivity contribution >= 4 is 23.5 Å². The fourth-order valence-electron chi connectivity index (χ4n) is 2.13. The SMILES string of the molecule is Cc1ccc(OCCCN2CCNCC2)c(Cl)c1.O=C(O)C(=O)O. The van der Waals surface area contributed by atoms with Crippen LogP contribution in [0.5, 0.6) is 5.75 Å². The van der Waals surface area contributed by atoms with Crippen molar-refractivity contribution in [3.8, 4) is 5.75 Å². The molecule has 1 saturated heterocycles. The maximum atomic E-state index is 9.10. The molecule has 2 rings (SSSR count). The minimum absolute atomic E-state index is 0.706. The highest BCUT2D eigenvalue weighted by atomic mass is 35.5. The molecule has 1 aliphatic heterocycles. The zero-order valence-corrected chi connectivity index (χ0v) is 14.4. The van der Waals surface area contributed by atoms with E-state index in [1.54, 1.807) is 0 Å². The Bertz CT molecular complexity index is 535. The highest BCUT2D eigenvalue weighted by Crippen LogP contribution is 2.25. The summed E-state index contributed by atoms with van der Waals surface area (Å²) in [5, 5.41) is 18.8. The zero-order chi connectivity index (χ0) is 17.9. The third-order valence-electron chi connectivity index (χ3n) is 3.36. The number of nitrogens with one attached hydrogen (secondary N) is 1. The summed E-state index contributed by atoms with van der Waals surface area (Å²) in [5.41, 5.74) is 1.16. The summed E-state index contributed by atoms with van der Waals surface area (Å²) >= 11 is 6.11. The highest BCUT2D eigenvalue weighted by Gasteiger charge is 2.08. The summed E-state index contributed by atoms with van der Waals surface area (Å²) in [4.78, 5) is 20.7. The van der Waals surface area contributed by atoms with Gasteiger partial charge in [0, 0.05) is 32.7 Å². The lowest BCUT2D eigenvalue weighted by atomic mass is 10.2. The van der Waals surface area contributed by atoms with Crippen molar-refractivity contribution in [2.24, 2.45) is 0 Å². The lowest BCUT2D eigenvalue weighted by molar-refractivity contribution is -0.159. The topological polar surface area (TPSA) is 99.1 Å². The fraction of sp³-hybridized carbons (Fsp3) is 0.500. The predicted molar refractivity (Wildman–Crippen MR) is 90.9 cm³/mol. The van der Waals surface area contributed by atoms with Crippen molar-refractivity contribution in [1.82, 2.24) is 10.2 Å². The Morgan fingerprint density at radius 3 is 2.42 bits per heavy atom. The van der Waals surface area contributed by atoms with E-state index in [9.17, 15) is 0 Å². The number of aliphatic carboxylic acids is 2. The number of hydrogen-bond acceptors (Lipinski definition) is 5. The maximum Gasteiger partial charge on any atom is 0.414 e. The van der Waals surface area contributed by atoms with Crippen LogP contribution in [0.4, 0.5) is 0 Å². The van der Waals surface area contributed by atoms with Crippen LogP contribution < -0.4 is 10.1 Å². The largest absolute Gasteiger partial charge is 0.492 e. The number of carboxylic acids is 2. The van der Waals surface area contributed by atoms with Crippen LogP contribution in [0.1, 0.15) is 12.0 Å². The molecule has 1 heterocycles. The molecule has 0 atom stereocenters. The number of piperazine rings is 1. The molecule has 0 aromatic heterocycles. The van der Waals surface area contributed by atoms with Crippen molar-refractivity contribution in [1.29, 1.82) is 0 Å². The number of nitrogens with zero attached hydrogens (tertiary/aromatic N) is 1. The quantitative estimate of drug-likeness (QED) is 0.541. The van der Waals surface area contributed by atoms with Gasteiger partial charge in [0.15, 0.2) is 0 Å². The second-order valence-corrected chi connectivity index (χ2v) is 5.75. The number of ether oxygens (including phenoxy) is 1. The Kier molecular flexibility index (Phi) is 9.14. The molecular formula is C16H23ClN2O5. The molecule has 1 aromatic carbocycles. The van der Waals surface area contributed by atoms with Crippen LogP contribution in [0.2, 0.25) is 5.02 Å². The van der Waals surface area contributed by atoms with Crippen molar-refractivity contribution in [3.05, 3.63) is 28.8 Å². The Balaban J connectivity index is 0.000000413. The van der Waals surface area contributed by atoms with E-state index in [0.717, 1.165) is 57.1 Å². The summed E-state index contributed by atoms with van der Waals surface area (Å²) in [7, 11) is 0. The molecule has 0 aliphatic carbocycles. The fourth-order valence-corrected chi connectivity index (χ4v) is 2.42. The molecule has 134 valence electrons. The third kappa shape index (κ3) is 8.14. The summed E-state index contributed by atoms with van der Waals surface area (Å²) in [5.74, 6) is -2.85. The van der Waals surface area contributed by atoms with E-state index in [2.05, 4.69) is 10.2 Å². The number of carbonyl (C=O) groups is 2. The monoisotopic (exact) mass is 358 g/mol. The van der Waals surface area contributed by atoms with Gasteiger partial charge < -0.3 is 25.2 Å².